The zero-order valence-electron chi connectivity index (χ0n) is 34.8. The molecule has 2 aromatic carbocycles. The Balaban J connectivity index is 1.35. The summed E-state index contributed by atoms with van der Waals surface area (Å²) in [6.45, 7) is 6.55. The van der Waals surface area contributed by atoms with Crippen molar-refractivity contribution >= 4 is 34.5 Å². The van der Waals surface area contributed by atoms with Gasteiger partial charge in [0.25, 0.3) is 0 Å². The smallest absolute Gasteiger partial charge is 0.344 e. The number of ether oxygens (including phenoxy) is 4. The number of aromatic nitrogens is 1. The molecule has 9 rings (SSSR count). The largest absolute Gasteiger partial charge is 0.496 e. The van der Waals surface area contributed by atoms with Crippen LogP contribution in [0, 0.1) is 17.3 Å². The number of nitrogens with zero attached hydrogens (tertiary/aromatic N) is 3. The molecule has 59 heavy (non-hydrogen) atoms. The number of para-hydroxylation sites is 1. The van der Waals surface area contributed by atoms with E-state index in [0.717, 1.165) is 29.0 Å². The molecule has 6 heterocycles. The number of piperidine rings is 1. The third-order valence-corrected chi connectivity index (χ3v) is 15.3. The Morgan fingerprint density at radius 3 is 2.46 bits per heavy atom. The molecule has 0 amide bonds. The summed E-state index contributed by atoms with van der Waals surface area (Å²) in [5.41, 5.74) is -1.64. The number of hydrogen-bond donors (Lipinski definition) is 2. The molecule has 1 unspecified atom stereocenters. The number of carbonyl (C=O) groups excluding carboxylic acids is 3. The van der Waals surface area contributed by atoms with E-state index < -0.39 is 63.7 Å². The molecule has 1 aromatic heterocycles. The van der Waals surface area contributed by atoms with Crippen LogP contribution >= 0.6 is 0 Å². The number of alkyl halides is 2. The van der Waals surface area contributed by atoms with E-state index in [9.17, 15) is 14.7 Å². The van der Waals surface area contributed by atoms with Crippen LogP contribution in [0.15, 0.2) is 48.6 Å². The molecule has 1 saturated carbocycles. The van der Waals surface area contributed by atoms with Crippen molar-refractivity contribution in [2.24, 2.45) is 17.3 Å². The number of likely N-dealkylation sites (N-methyl/N-ethyl adjacent to an activating group) is 1. The molecular weight excluding hydrogens is 763 g/mol. The van der Waals surface area contributed by atoms with E-state index in [-0.39, 0.29) is 31.3 Å². The number of fused-ring (bicyclic) bond motifs is 6. The van der Waals surface area contributed by atoms with Crippen LogP contribution < -0.4 is 9.64 Å². The van der Waals surface area contributed by atoms with Gasteiger partial charge >= 0.3 is 17.9 Å². The van der Waals surface area contributed by atoms with Crippen molar-refractivity contribution in [1.29, 1.82) is 0 Å². The highest BCUT2D eigenvalue weighted by Gasteiger charge is 2.80. The first kappa shape index (κ1) is 39.9. The Labute approximate surface area is 342 Å². The maximum Gasteiger partial charge on any atom is 0.344 e. The number of benzene rings is 2. The number of rotatable bonds is 7. The number of anilines is 1. The van der Waals surface area contributed by atoms with Crippen molar-refractivity contribution < 1.29 is 47.2 Å². The topological polar surface area (TPSA) is 134 Å². The normalized spacial score (nSPS) is 35.8. The second kappa shape index (κ2) is 13.5. The fourth-order valence-corrected chi connectivity index (χ4v) is 13.2. The maximum atomic E-state index is 15.3. The van der Waals surface area contributed by atoms with Gasteiger partial charge in [0.05, 0.1) is 27.4 Å². The summed E-state index contributed by atoms with van der Waals surface area (Å²) in [7, 11) is 5.94. The van der Waals surface area contributed by atoms with Gasteiger partial charge in [0.2, 0.25) is 11.5 Å². The fraction of sp³-hybridized carbons (Fsp3) is 0.578. The minimum atomic E-state index is -2.94. The van der Waals surface area contributed by atoms with Crippen LogP contribution in [0.2, 0.25) is 0 Å². The summed E-state index contributed by atoms with van der Waals surface area (Å²) in [6, 6.07) is 10.3. The second-order valence-electron chi connectivity index (χ2n) is 18.0. The Morgan fingerprint density at radius 2 is 1.78 bits per heavy atom. The molecule has 3 aromatic rings. The molecule has 316 valence electrons. The van der Waals surface area contributed by atoms with Gasteiger partial charge in [-0.2, -0.15) is 0 Å². The first-order valence-corrected chi connectivity index (χ1v) is 20.7. The molecule has 14 heteroatoms. The molecule has 5 aliphatic heterocycles. The SMILES string of the molecule is CC[C@]12C=CCN3CC[C@]4(c5cc([C@]6(C(=O)OC)C[C@H]7C[C@H](C(C)(F)F)CN(Cc8c6[nH]c6ccccc86)C7)c(OC)cc5N(C)[C@@H]4[C@](O)(C(=O)OC)[C@H]1OC(C)=O)[C@H]32. The molecule has 10 atom stereocenters. The molecule has 0 radical (unpaired) electrons. The van der Waals surface area contributed by atoms with E-state index >= 15 is 13.6 Å². The summed E-state index contributed by atoms with van der Waals surface area (Å²) >= 11 is 0. The van der Waals surface area contributed by atoms with Gasteiger partial charge < -0.3 is 33.9 Å². The van der Waals surface area contributed by atoms with Crippen LogP contribution in [-0.2, 0) is 46.0 Å². The standard InChI is InChI=1S/C45H54F2N4O8/c1-8-42-14-11-16-51-17-15-43(36(42)51)30-19-31(34(56-5)20-33(30)49(4)37(43)45(55,40(54)58-7)38(42)59-25(2)52)44(39(53)57-6)21-26-18-27(41(3,46)47)23-50(22-26)24-29-28-12-9-10-13-32(28)48-35(29)44/h9-14,19-20,26-27,36-38,48,55H,8,15-18,21-24H2,1-7H3/t26-,27+,36-,37+,38+,42-,43+,44-,45-/m1/s1. The molecule has 6 aliphatic rings. The molecule has 3 fully saturated rings. The molecular formula is C45H54F2N4O8. The minimum absolute atomic E-state index is 0.155. The number of nitrogens with one attached hydrogen (secondary N) is 1. The van der Waals surface area contributed by atoms with Crippen LogP contribution in [0.25, 0.3) is 10.9 Å². The van der Waals surface area contributed by atoms with Crippen LogP contribution in [0.4, 0.5) is 14.5 Å². The number of hydrogen-bond acceptors (Lipinski definition) is 11. The third kappa shape index (κ3) is 5.17. The monoisotopic (exact) mass is 816 g/mol. The van der Waals surface area contributed by atoms with Crippen molar-refractivity contribution in [2.45, 2.75) is 93.5 Å². The van der Waals surface area contributed by atoms with Gasteiger partial charge in [-0.05, 0) is 68.3 Å². The predicted molar refractivity (Wildman–Crippen MR) is 214 cm³/mol. The van der Waals surface area contributed by atoms with E-state index in [1.54, 1.807) is 0 Å². The lowest BCUT2D eigenvalue weighted by Gasteiger charge is -2.63. The summed E-state index contributed by atoms with van der Waals surface area (Å²) in [6.07, 6.45) is 4.04. The Morgan fingerprint density at radius 1 is 1.03 bits per heavy atom. The predicted octanol–water partition coefficient (Wildman–Crippen LogP) is 5.08. The summed E-state index contributed by atoms with van der Waals surface area (Å²) in [5.74, 6) is -5.92. The van der Waals surface area contributed by atoms with E-state index in [4.69, 9.17) is 18.9 Å². The van der Waals surface area contributed by atoms with Crippen LogP contribution in [0.1, 0.15) is 68.8 Å². The highest BCUT2D eigenvalue weighted by atomic mass is 19.3. The van der Waals surface area contributed by atoms with Gasteiger partial charge in [-0.25, -0.2) is 13.6 Å². The van der Waals surface area contributed by atoms with Crippen LogP contribution in [0.3, 0.4) is 0 Å². The first-order chi connectivity index (χ1) is 28.1. The van der Waals surface area contributed by atoms with Crippen molar-refractivity contribution in [2.75, 3.05) is 59.5 Å². The van der Waals surface area contributed by atoms with Gasteiger partial charge in [-0.1, -0.05) is 37.3 Å². The van der Waals surface area contributed by atoms with Gasteiger partial charge in [0.1, 0.15) is 11.2 Å². The highest BCUT2D eigenvalue weighted by Crippen LogP contribution is 2.68. The fourth-order valence-electron chi connectivity index (χ4n) is 13.2. The molecule has 1 spiro atoms. The average molecular weight is 817 g/mol. The number of H-pyrrole nitrogens is 1. The van der Waals surface area contributed by atoms with Gasteiger partial charge in [0, 0.05) is 96.9 Å². The minimum Gasteiger partial charge on any atom is -0.496 e. The Hall–Kier alpha value is -4.53. The third-order valence-electron chi connectivity index (χ3n) is 15.3. The highest BCUT2D eigenvalue weighted by molar-refractivity contribution is 5.95. The molecule has 2 bridgehead atoms. The van der Waals surface area contributed by atoms with Crippen LogP contribution in [0.5, 0.6) is 5.75 Å². The zero-order chi connectivity index (χ0) is 42.0. The second-order valence-corrected chi connectivity index (χ2v) is 18.0. The Bertz CT molecular complexity index is 2270. The van der Waals surface area contributed by atoms with Gasteiger partial charge in [-0.15, -0.1) is 0 Å². The lowest BCUT2D eigenvalue weighted by molar-refractivity contribution is -0.228. The van der Waals surface area contributed by atoms with E-state index in [1.165, 1.54) is 28.3 Å². The van der Waals surface area contributed by atoms with Crippen molar-refractivity contribution in [1.82, 2.24) is 14.8 Å². The first-order valence-electron chi connectivity index (χ1n) is 20.7. The van der Waals surface area contributed by atoms with E-state index in [1.807, 2.05) is 67.4 Å². The van der Waals surface area contributed by atoms with Crippen molar-refractivity contribution in [3.8, 4) is 5.75 Å². The van der Waals surface area contributed by atoms with E-state index in [0.29, 0.717) is 61.7 Å². The number of aromatic amines is 1. The maximum absolute atomic E-state index is 15.3. The van der Waals surface area contributed by atoms with Crippen molar-refractivity contribution in [3.05, 3.63) is 70.9 Å². The van der Waals surface area contributed by atoms with E-state index in [2.05, 4.69) is 14.8 Å². The number of halogens is 2. The lowest BCUT2D eigenvalue weighted by atomic mass is 9.47. The lowest BCUT2D eigenvalue weighted by Crippen LogP contribution is -2.81. The molecule has 2 N–H and O–H groups in total. The number of methoxy groups -OCH3 is 3. The number of carbonyl (C=O) groups is 3. The van der Waals surface area contributed by atoms with Gasteiger partial charge in [0.15, 0.2) is 6.10 Å². The number of esters is 3. The summed E-state index contributed by atoms with van der Waals surface area (Å²) in [5, 5.41) is 14.2. The average Bonchev–Trinajstić information content (AvgIpc) is 3.86. The van der Waals surface area contributed by atoms with Gasteiger partial charge in [-0.3, -0.25) is 19.4 Å². The van der Waals surface area contributed by atoms with Crippen molar-refractivity contribution in [3.63, 3.8) is 0 Å². The zero-order valence-corrected chi connectivity index (χ0v) is 34.8. The number of aliphatic hydroxyl groups is 1. The molecule has 1 aliphatic carbocycles. The molecule has 12 nitrogen and oxygen atoms in total. The summed E-state index contributed by atoms with van der Waals surface area (Å²) < 4.78 is 54.3. The quantitative estimate of drug-likeness (QED) is 0.188. The Kier molecular flexibility index (Phi) is 9.12. The molecule has 2 saturated heterocycles. The van der Waals surface area contributed by atoms with Crippen LogP contribution in [-0.4, -0.2) is 122 Å². The summed E-state index contributed by atoms with van der Waals surface area (Å²) in [4.78, 5) is 52.5.